The zero-order chi connectivity index (χ0) is 12.5. The molecule has 0 saturated heterocycles. The molecule has 0 radical (unpaired) electrons. The van der Waals surface area contributed by atoms with Crippen LogP contribution in [-0.2, 0) is 15.9 Å². The monoisotopic (exact) mass is 277 g/mol. The average Bonchev–Trinajstić information content (AvgIpc) is 2.71. The van der Waals surface area contributed by atoms with Crippen molar-refractivity contribution in [2.24, 2.45) is 0 Å². The second kappa shape index (κ2) is 8.89. The smallest absolute Gasteiger partial charge is 0.169 e. The van der Waals surface area contributed by atoms with Crippen molar-refractivity contribution >= 4 is 22.9 Å². The highest BCUT2D eigenvalue weighted by Gasteiger charge is 2.06. The molecule has 98 valence electrons. The van der Waals surface area contributed by atoms with Crippen molar-refractivity contribution in [1.29, 1.82) is 0 Å². The molecule has 0 aliphatic heterocycles. The third kappa shape index (κ3) is 6.38. The Labute approximate surface area is 112 Å². The molecule has 0 fully saturated rings. The van der Waals surface area contributed by atoms with Crippen LogP contribution in [0, 0.1) is 0 Å². The Kier molecular flexibility index (Phi) is 7.81. The van der Waals surface area contributed by atoms with Gasteiger partial charge in [-0.25, -0.2) is 0 Å². The van der Waals surface area contributed by atoms with E-state index >= 15 is 0 Å². The summed E-state index contributed by atoms with van der Waals surface area (Å²) >= 11 is 7.49. The maximum absolute atomic E-state index is 5.86. The van der Waals surface area contributed by atoms with Crippen molar-refractivity contribution in [1.82, 2.24) is 5.32 Å². The fraction of sp³-hybridized carbons (Fsp3) is 0.667. The normalized spacial score (nSPS) is 11.3. The minimum Gasteiger partial charge on any atom is -0.352 e. The van der Waals surface area contributed by atoms with E-state index in [1.165, 1.54) is 4.88 Å². The van der Waals surface area contributed by atoms with Crippen LogP contribution >= 0.6 is 22.9 Å². The molecule has 1 heterocycles. The summed E-state index contributed by atoms with van der Waals surface area (Å²) in [7, 11) is 0. The molecule has 0 aliphatic rings. The minimum absolute atomic E-state index is 0.142. The van der Waals surface area contributed by atoms with Crippen molar-refractivity contribution in [2.45, 2.75) is 26.6 Å². The van der Waals surface area contributed by atoms with Gasteiger partial charge < -0.3 is 14.8 Å². The fourth-order valence-electron chi connectivity index (χ4n) is 1.46. The van der Waals surface area contributed by atoms with Crippen molar-refractivity contribution in [3.63, 3.8) is 0 Å². The summed E-state index contributed by atoms with van der Waals surface area (Å²) in [5, 5.41) is 3.33. The van der Waals surface area contributed by atoms with Gasteiger partial charge in [0.15, 0.2) is 6.29 Å². The van der Waals surface area contributed by atoms with E-state index in [4.69, 9.17) is 21.1 Å². The largest absolute Gasteiger partial charge is 0.352 e. The molecule has 5 heteroatoms. The van der Waals surface area contributed by atoms with E-state index in [-0.39, 0.29) is 6.29 Å². The van der Waals surface area contributed by atoms with Crippen LogP contribution in [0.15, 0.2) is 12.1 Å². The number of nitrogens with one attached hydrogen (secondary N) is 1. The molecule has 0 unspecified atom stereocenters. The van der Waals surface area contributed by atoms with Gasteiger partial charge in [-0.3, -0.25) is 0 Å². The van der Waals surface area contributed by atoms with Gasteiger partial charge in [0.25, 0.3) is 0 Å². The maximum atomic E-state index is 5.86. The third-order valence-electron chi connectivity index (χ3n) is 2.19. The molecule has 17 heavy (non-hydrogen) atoms. The van der Waals surface area contributed by atoms with Gasteiger partial charge in [0.05, 0.1) is 4.34 Å². The number of thiophene rings is 1. The van der Waals surface area contributed by atoms with E-state index in [2.05, 4.69) is 11.4 Å². The van der Waals surface area contributed by atoms with E-state index in [1.54, 1.807) is 11.3 Å². The fourth-order valence-corrected chi connectivity index (χ4v) is 2.54. The van der Waals surface area contributed by atoms with E-state index in [0.717, 1.165) is 23.8 Å². The molecule has 1 aromatic rings. The van der Waals surface area contributed by atoms with Crippen LogP contribution in [0.5, 0.6) is 0 Å². The molecule has 3 nitrogen and oxygen atoms in total. The summed E-state index contributed by atoms with van der Waals surface area (Å²) in [6.45, 7) is 6.92. The number of ether oxygens (including phenoxy) is 2. The molecule has 1 N–H and O–H groups in total. The molecule has 0 aliphatic carbocycles. The van der Waals surface area contributed by atoms with Crippen LogP contribution in [0.2, 0.25) is 4.34 Å². The predicted molar refractivity (Wildman–Crippen MR) is 72.9 cm³/mol. The first-order chi connectivity index (χ1) is 8.26. The second-order valence-corrected chi connectivity index (χ2v) is 5.30. The van der Waals surface area contributed by atoms with Crippen LogP contribution in [-0.4, -0.2) is 32.6 Å². The Bertz CT molecular complexity index is 300. The molecule has 0 bridgehead atoms. The summed E-state index contributed by atoms with van der Waals surface area (Å²) in [4.78, 5) is 1.30. The molecule has 0 saturated carbocycles. The Morgan fingerprint density at radius 3 is 2.53 bits per heavy atom. The van der Waals surface area contributed by atoms with E-state index < -0.39 is 0 Å². The summed E-state index contributed by atoms with van der Waals surface area (Å²) in [6, 6.07) is 4.00. The number of hydrogen-bond donors (Lipinski definition) is 1. The van der Waals surface area contributed by atoms with Gasteiger partial charge in [-0.1, -0.05) is 11.6 Å². The standard InChI is InChI=1S/C12H20ClNO2S/c1-3-15-12(16-4-2)9-14-8-7-10-5-6-11(13)17-10/h5-6,12,14H,3-4,7-9H2,1-2H3. The van der Waals surface area contributed by atoms with Crippen LogP contribution in [0.3, 0.4) is 0 Å². The Morgan fingerprint density at radius 2 is 2.00 bits per heavy atom. The van der Waals surface area contributed by atoms with Crippen LogP contribution in [0.1, 0.15) is 18.7 Å². The van der Waals surface area contributed by atoms with Crippen molar-refractivity contribution in [3.8, 4) is 0 Å². The highest BCUT2D eigenvalue weighted by Crippen LogP contribution is 2.21. The lowest BCUT2D eigenvalue weighted by Crippen LogP contribution is -2.32. The molecule has 0 spiro atoms. The van der Waals surface area contributed by atoms with E-state index in [1.807, 2.05) is 19.9 Å². The lowest BCUT2D eigenvalue weighted by Gasteiger charge is -2.17. The maximum Gasteiger partial charge on any atom is 0.169 e. The highest BCUT2D eigenvalue weighted by molar-refractivity contribution is 7.16. The quantitative estimate of drug-likeness (QED) is 0.556. The summed E-state index contributed by atoms with van der Waals surface area (Å²) < 4.78 is 11.7. The first-order valence-electron chi connectivity index (χ1n) is 5.94. The molecule has 1 aromatic heterocycles. The third-order valence-corrected chi connectivity index (χ3v) is 3.48. The van der Waals surface area contributed by atoms with Crippen molar-refractivity contribution in [2.75, 3.05) is 26.3 Å². The molecule has 0 aromatic carbocycles. The van der Waals surface area contributed by atoms with Gasteiger partial charge in [0.2, 0.25) is 0 Å². The van der Waals surface area contributed by atoms with Crippen LogP contribution < -0.4 is 5.32 Å². The lowest BCUT2D eigenvalue weighted by molar-refractivity contribution is -0.132. The van der Waals surface area contributed by atoms with Gasteiger partial charge in [-0.15, -0.1) is 11.3 Å². The zero-order valence-corrected chi connectivity index (χ0v) is 11.9. The second-order valence-electron chi connectivity index (χ2n) is 3.50. The Morgan fingerprint density at radius 1 is 1.29 bits per heavy atom. The first-order valence-corrected chi connectivity index (χ1v) is 7.13. The van der Waals surface area contributed by atoms with Crippen molar-refractivity contribution < 1.29 is 9.47 Å². The van der Waals surface area contributed by atoms with Crippen molar-refractivity contribution in [3.05, 3.63) is 21.3 Å². The number of halogens is 1. The minimum atomic E-state index is -0.142. The summed E-state index contributed by atoms with van der Waals surface area (Å²) in [6.07, 6.45) is 0.847. The average molecular weight is 278 g/mol. The molecule has 1 rings (SSSR count). The Hall–Kier alpha value is -0.130. The lowest BCUT2D eigenvalue weighted by atomic mass is 10.3. The zero-order valence-electron chi connectivity index (χ0n) is 10.4. The molecule has 0 amide bonds. The highest BCUT2D eigenvalue weighted by atomic mass is 35.5. The van der Waals surface area contributed by atoms with Gasteiger partial charge in [0.1, 0.15) is 0 Å². The molecular formula is C12H20ClNO2S. The first kappa shape index (κ1) is 14.9. The topological polar surface area (TPSA) is 30.5 Å². The summed E-state index contributed by atoms with van der Waals surface area (Å²) in [5.74, 6) is 0. The van der Waals surface area contributed by atoms with E-state index in [9.17, 15) is 0 Å². The number of hydrogen-bond acceptors (Lipinski definition) is 4. The van der Waals surface area contributed by atoms with Gasteiger partial charge >= 0.3 is 0 Å². The van der Waals surface area contributed by atoms with Crippen LogP contribution in [0.25, 0.3) is 0 Å². The van der Waals surface area contributed by atoms with Gasteiger partial charge in [-0.2, -0.15) is 0 Å². The Balaban J connectivity index is 2.13. The van der Waals surface area contributed by atoms with E-state index in [0.29, 0.717) is 13.2 Å². The SMILES string of the molecule is CCOC(CNCCc1ccc(Cl)s1)OCC. The molecule has 0 atom stereocenters. The predicted octanol–water partition coefficient (Wildman–Crippen LogP) is 2.93. The van der Waals surface area contributed by atoms with Gasteiger partial charge in [0, 0.05) is 31.2 Å². The summed E-state index contributed by atoms with van der Waals surface area (Å²) in [5.41, 5.74) is 0. The molecular weight excluding hydrogens is 258 g/mol. The number of rotatable bonds is 9. The van der Waals surface area contributed by atoms with Gasteiger partial charge in [-0.05, 0) is 32.4 Å². The van der Waals surface area contributed by atoms with Crippen LogP contribution in [0.4, 0.5) is 0 Å².